The average Bonchev–Trinajstić information content (AvgIpc) is 2.55. The normalized spacial score (nSPS) is 9.96. The maximum atomic E-state index is 11.8. The zero-order valence-corrected chi connectivity index (χ0v) is 12.6. The molecule has 2 aromatic rings. The highest BCUT2D eigenvalue weighted by Gasteiger charge is 2.07. The van der Waals surface area contributed by atoms with Crippen molar-refractivity contribution < 1.29 is 24.2 Å². The highest BCUT2D eigenvalue weighted by atomic mass is 16.5. The second kappa shape index (κ2) is 7.84. The standard InChI is InChI=1S/C17H17NO5/c1-2-22-14-6-8-15(9-7-14)23-11-16(19)18-13-5-3-4-12(10-13)17(20)21/h3-10H,2,11H2,1H3,(H,18,19)(H,20,21). The molecular formula is C17H17NO5. The lowest BCUT2D eigenvalue weighted by Gasteiger charge is -2.09. The minimum Gasteiger partial charge on any atom is -0.494 e. The lowest BCUT2D eigenvalue weighted by Crippen LogP contribution is -2.20. The second-order valence-corrected chi connectivity index (χ2v) is 4.63. The molecule has 23 heavy (non-hydrogen) atoms. The summed E-state index contributed by atoms with van der Waals surface area (Å²) in [5, 5.41) is 11.5. The van der Waals surface area contributed by atoms with Crippen LogP contribution in [0, 0.1) is 0 Å². The van der Waals surface area contributed by atoms with Gasteiger partial charge >= 0.3 is 5.97 Å². The molecule has 6 nitrogen and oxygen atoms in total. The summed E-state index contributed by atoms with van der Waals surface area (Å²) in [5.41, 5.74) is 0.514. The Morgan fingerprint density at radius 3 is 2.30 bits per heavy atom. The number of aromatic carboxylic acids is 1. The van der Waals surface area contributed by atoms with Crippen molar-refractivity contribution in [3.8, 4) is 11.5 Å². The van der Waals surface area contributed by atoms with Gasteiger partial charge in [0.25, 0.3) is 5.91 Å². The Morgan fingerprint density at radius 2 is 1.70 bits per heavy atom. The highest BCUT2D eigenvalue weighted by molar-refractivity contribution is 5.94. The first-order valence-electron chi connectivity index (χ1n) is 7.07. The van der Waals surface area contributed by atoms with Crippen LogP contribution in [-0.2, 0) is 4.79 Å². The number of carbonyl (C=O) groups excluding carboxylic acids is 1. The van der Waals surface area contributed by atoms with Crippen LogP contribution in [0.25, 0.3) is 0 Å². The Balaban J connectivity index is 1.87. The summed E-state index contributed by atoms with van der Waals surface area (Å²) in [5.74, 6) is -0.147. The average molecular weight is 315 g/mol. The van der Waals surface area contributed by atoms with Crippen LogP contribution in [0.4, 0.5) is 5.69 Å². The lowest BCUT2D eigenvalue weighted by molar-refractivity contribution is -0.118. The molecule has 2 aromatic carbocycles. The maximum absolute atomic E-state index is 11.8. The minimum absolute atomic E-state index is 0.107. The van der Waals surface area contributed by atoms with Crippen molar-refractivity contribution in [2.45, 2.75) is 6.92 Å². The topological polar surface area (TPSA) is 84.9 Å². The van der Waals surface area contributed by atoms with Crippen molar-refractivity contribution in [3.05, 3.63) is 54.1 Å². The van der Waals surface area contributed by atoms with E-state index in [0.29, 0.717) is 18.0 Å². The zero-order chi connectivity index (χ0) is 16.7. The van der Waals surface area contributed by atoms with Gasteiger partial charge < -0.3 is 19.9 Å². The molecule has 0 atom stereocenters. The molecule has 0 fully saturated rings. The molecule has 0 radical (unpaired) electrons. The van der Waals surface area contributed by atoms with E-state index in [4.69, 9.17) is 14.6 Å². The van der Waals surface area contributed by atoms with Crippen molar-refractivity contribution in [2.75, 3.05) is 18.5 Å². The van der Waals surface area contributed by atoms with Crippen LogP contribution >= 0.6 is 0 Å². The number of nitrogens with one attached hydrogen (secondary N) is 1. The molecule has 6 heteroatoms. The Labute approximate surface area is 133 Å². The molecular weight excluding hydrogens is 298 g/mol. The van der Waals surface area contributed by atoms with Gasteiger partial charge in [0.2, 0.25) is 0 Å². The van der Waals surface area contributed by atoms with Gasteiger partial charge in [-0.1, -0.05) is 6.07 Å². The quantitative estimate of drug-likeness (QED) is 0.820. The summed E-state index contributed by atoms with van der Waals surface area (Å²) in [4.78, 5) is 22.7. The van der Waals surface area contributed by atoms with E-state index in [2.05, 4.69) is 5.32 Å². The number of carboxylic acid groups (broad SMARTS) is 1. The fourth-order valence-electron chi connectivity index (χ4n) is 1.87. The predicted octanol–water partition coefficient (Wildman–Crippen LogP) is 2.80. The van der Waals surface area contributed by atoms with Crippen LogP contribution in [0.5, 0.6) is 11.5 Å². The number of rotatable bonds is 7. The van der Waals surface area contributed by atoms with Crippen LogP contribution in [0.2, 0.25) is 0 Å². The van der Waals surface area contributed by atoms with Gasteiger partial charge in [-0.25, -0.2) is 4.79 Å². The number of hydrogen-bond acceptors (Lipinski definition) is 4. The minimum atomic E-state index is -1.05. The van der Waals surface area contributed by atoms with Crippen molar-refractivity contribution >= 4 is 17.6 Å². The molecule has 0 spiro atoms. The number of hydrogen-bond donors (Lipinski definition) is 2. The van der Waals surface area contributed by atoms with Gasteiger partial charge in [0.1, 0.15) is 11.5 Å². The van der Waals surface area contributed by atoms with E-state index in [9.17, 15) is 9.59 Å². The Kier molecular flexibility index (Phi) is 5.57. The third-order valence-corrected chi connectivity index (χ3v) is 2.90. The SMILES string of the molecule is CCOc1ccc(OCC(=O)Nc2cccc(C(=O)O)c2)cc1. The van der Waals surface area contributed by atoms with E-state index in [0.717, 1.165) is 5.75 Å². The first-order chi connectivity index (χ1) is 11.1. The molecule has 0 saturated carbocycles. The maximum Gasteiger partial charge on any atom is 0.335 e. The van der Waals surface area contributed by atoms with E-state index < -0.39 is 5.97 Å². The van der Waals surface area contributed by atoms with Gasteiger partial charge in [-0.15, -0.1) is 0 Å². The smallest absolute Gasteiger partial charge is 0.335 e. The fourth-order valence-corrected chi connectivity index (χ4v) is 1.87. The zero-order valence-electron chi connectivity index (χ0n) is 12.6. The van der Waals surface area contributed by atoms with Gasteiger partial charge in [-0.3, -0.25) is 4.79 Å². The number of ether oxygens (including phenoxy) is 2. The number of amides is 1. The van der Waals surface area contributed by atoms with Gasteiger partial charge in [-0.05, 0) is 49.4 Å². The number of carbonyl (C=O) groups is 2. The number of benzene rings is 2. The highest BCUT2D eigenvalue weighted by Crippen LogP contribution is 2.17. The van der Waals surface area contributed by atoms with E-state index in [1.807, 2.05) is 6.92 Å². The van der Waals surface area contributed by atoms with Gasteiger partial charge in [-0.2, -0.15) is 0 Å². The molecule has 0 unspecified atom stereocenters. The summed E-state index contributed by atoms with van der Waals surface area (Å²) >= 11 is 0. The Bertz CT molecular complexity index is 682. The molecule has 0 aliphatic carbocycles. The molecule has 0 saturated heterocycles. The Hall–Kier alpha value is -3.02. The summed E-state index contributed by atoms with van der Waals surface area (Å²) in [7, 11) is 0. The van der Waals surface area contributed by atoms with Crippen molar-refractivity contribution in [1.82, 2.24) is 0 Å². The molecule has 0 aromatic heterocycles. The molecule has 0 bridgehead atoms. The van der Waals surface area contributed by atoms with Crippen LogP contribution in [0.1, 0.15) is 17.3 Å². The van der Waals surface area contributed by atoms with Crippen LogP contribution in [0.3, 0.4) is 0 Å². The van der Waals surface area contributed by atoms with E-state index in [1.165, 1.54) is 12.1 Å². The van der Waals surface area contributed by atoms with Crippen LogP contribution < -0.4 is 14.8 Å². The summed E-state index contributed by atoms with van der Waals surface area (Å²) in [6.45, 7) is 2.30. The van der Waals surface area contributed by atoms with Crippen molar-refractivity contribution in [1.29, 1.82) is 0 Å². The van der Waals surface area contributed by atoms with Gasteiger partial charge in [0, 0.05) is 5.69 Å². The third-order valence-electron chi connectivity index (χ3n) is 2.90. The number of carboxylic acids is 1. The van der Waals surface area contributed by atoms with E-state index in [-0.39, 0.29) is 18.1 Å². The van der Waals surface area contributed by atoms with Gasteiger partial charge in [0.05, 0.1) is 12.2 Å². The molecule has 0 heterocycles. The first-order valence-corrected chi connectivity index (χ1v) is 7.07. The van der Waals surface area contributed by atoms with Gasteiger partial charge in [0.15, 0.2) is 6.61 Å². The van der Waals surface area contributed by atoms with E-state index >= 15 is 0 Å². The van der Waals surface area contributed by atoms with Crippen molar-refractivity contribution in [3.63, 3.8) is 0 Å². The molecule has 2 N–H and O–H groups in total. The molecule has 2 rings (SSSR count). The number of anilines is 1. The lowest BCUT2D eigenvalue weighted by atomic mass is 10.2. The van der Waals surface area contributed by atoms with Crippen LogP contribution in [-0.4, -0.2) is 30.2 Å². The van der Waals surface area contributed by atoms with Crippen LogP contribution in [0.15, 0.2) is 48.5 Å². The van der Waals surface area contributed by atoms with E-state index in [1.54, 1.807) is 36.4 Å². The molecule has 0 aliphatic heterocycles. The monoisotopic (exact) mass is 315 g/mol. The molecule has 1 amide bonds. The summed E-state index contributed by atoms with van der Waals surface area (Å²) < 4.78 is 10.7. The van der Waals surface area contributed by atoms with Crippen molar-refractivity contribution in [2.24, 2.45) is 0 Å². The fraction of sp³-hybridized carbons (Fsp3) is 0.176. The first kappa shape index (κ1) is 16.4. The molecule has 0 aliphatic rings. The predicted molar refractivity (Wildman–Crippen MR) is 85.1 cm³/mol. The largest absolute Gasteiger partial charge is 0.494 e. The summed E-state index contributed by atoms with van der Waals surface area (Å²) in [6, 6.07) is 13.0. The third kappa shape index (κ3) is 5.03. The second-order valence-electron chi connectivity index (χ2n) is 4.63. The summed E-state index contributed by atoms with van der Waals surface area (Å²) in [6.07, 6.45) is 0. The molecule has 120 valence electrons. The Morgan fingerprint density at radius 1 is 1.04 bits per heavy atom.